The lowest BCUT2D eigenvalue weighted by Crippen LogP contribution is -2.31. The molecular formula is C16H13ClN4O3. The maximum absolute atomic E-state index is 12.2. The number of halogens is 1. The van der Waals surface area contributed by atoms with Crippen LogP contribution in [0.3, 0.4) is 0 Å². The van der Waals surface area contributed by atoms with Gasteiger partial charge in [0.1, 0.15) is 0 Å². The van der Waals surface area contributed by atoms with E-state index in [1.54, 1.807) is 24.3 Å². The van der Waals surface area contributed by atoms with E-state index in [1.807, 2.05) is 0 Å². The lowest BCUT2D eigenvalue weighted by atomic mass is 10.1. The fourth-order valence-corrected chi connectivity index (χ4v) is 2.53. The van der Waals surface area contributed by atoms with E-state index in [0.717, 1.165) is 0 Å². The Hall–Kier alpha value is -2.80. The van der Waals surface area contributed by atoms with Gasteiger partial charge < -0.3 is 5.32 Å². The van der Waals surface area contributed by atoms with E-state index in [1.165, 1.54) is 17.0 Å². The van der Waals surface area contributed by atoms with Crippen molar-refractivity contribution in [2.45, 2.75) is 12.8 Å². The number of imide groups is 1. The molecule has 1 aliphatic rings. The molecule has 0 atom stereocenters. The van der Waals surface area contributed by atoms with Gasteiger partial charge in [-0.1, -0.05) is 23.7 Å². The number of rotatable bonds is 5. The fraction of sp³-hybridized carbons (Fsp3) is 0.188. The zero-order valence-electron chi connectivity index (χ0n) is 12.5. The first kappa shape index (κ1) is 16.1. The van der Waals surface area contributed by atoms with E-state index in [9.17, 15) is 14.4 Å². The summed E-state index contributed by atoms with van der Waals surface area (Å²) in [4.78, 5) is 37.4. The molecule has 0 radical (unpaired) electrons. The number of amides is 3. The molecule has 1 aromatic carbocycles. The number of hydrogen-bond acceptors (Lipinski definition) is 5. The first-order valence-electron chi connectivity index (χ1n) is 7.30. The molecule has 0 spiro atoms. The maximum Gasteiger partial charge on any atom is 0.261 e. The van der Waals surface area contributed by atoms with E-state index in [-0.39, 0.29) is 35.8 Å². The molecule has 122 valence electrons. The predicted molar refractivity (Wildman–Crippen MR) is 86.7 cm³/mol. The average Bonchev–Trinajstić information content (AvgIpc) is 2.82. The van der Waals surface area contributed by atoms with Crippen LogP contribution in [0.5, 0.6) is 0 Å². The summed E-state index contributed by atoms with van der Waals surface area (Å²) in [5.74, 6) is -0.618. The number of nitrogens with zero attached hydrogens (tertiary/aromatic N) is 3. The molecule has 3 amide bonds. The lowest BCUT2D eigenvalue weighted by Gasteiger charge is -2.13. The SMILES string of the molecule is O=C(CCCN1C(=O)c2ccccc2C1=O)Nc1ccc(Cl)nn1. The third-order valence-electron chi connectivity index (χ3n) is 3.56. The first-order valence-corrected chi connectivity index (χ1v) is 7.68. The average molecular weight is 345 g/mol. The van der Waals surface area contributed by atoms with Crippen molar-refractivity contribution in [2.75, 3.05) is 11.9 Å². The standard InChI is InChI=1S/C16H13ClN4O3/c17-12-7-8-13(20-19-12)18-14(22)6-3-9-21-15(23)10-4-1-2-5-11(10)16(21)24/h1-2,4-5,7-8H,3,6,9H2,(H,18,20,22). The van der Waals surface area contributed by atoms with Crippen LogP contribution < -0.4 is 5.32 Å². The number of anilines is 1. The Morgan fingerprint density at radius 2 is 1.71 bits per heavy atom. The minimum atomic E-state index is -0.320. The zero-order chi connectivity index (χ0) is 17.1. The second kappa shape index (κ2) is 6.76. The van der Waals surface area contributed by atoms with Crippen LogP contribution in [0.15, 0.2) is 36.4 Å². The number of nitrogens with one attached hydrogen (secondary N) is 1. The molecule has 3 rings (SSSR count). The summed E-state index contributed by atoms with van der Waals surface area (Å²) < 4.78 is 0. The zero-order valence-corrected chi connectivity index (χ0v) is 13.3. The molecule has 0 unspecified atom stereocenters. The van der Waals surface area contributed by atoms with Crippen molar-refractivity contribution in [1.29, 1.82) is 0 Å². The molecule has 2 heterocycles. The third-order valence-corrected chi connectivity index (χ3v) is 3.76. The number of benzene rings is 1. The van der Waals surface area contributed by atoms with Crippen LogP contribution >= 0.6 is 11.6 Å². The van der Waals surface area contributed by atoms with Crippen molar-refractivity contribution in [3.63, 3.8) is 0 Å². The summed E-state index contributed by atoms with van der Waals surface area (Å²) in [6, 6.07) is 9.74. The Kier molecular flexibility index (Phi) is 4.52. The molecule has 1 aliphatic heterocycles. The van der Waals surface area contributed by atoms with Crippen LogP contribution in [0, 0.1) is 0 Å². The van der Waals surface area contributed by atoms with Gasteiger partial charge in [-0.3, -0.25) is 19.3 Å². The van der Waals surface area contributed by atoms with Gasteiger partial charge in [-0.2, -0.15) is 0 Å². The van der Waals surface area contributed by atoms with Crippen molar-refractivity contribution in [1.82, 2.24) is 15.1 Å². The van der Waals surface area contributed by atoms with Crippen molar-refractivity contribution in [3.8, 4) is 0 Å². The van der Waals surface area contributed by atoms with E-state index in [0.29, 0.717) is 23.4 Å². The van der Waals surface area contributed by atoms with Gasteiger partial charge in [0.05, 0.1) is 11.1 Å². The van der Waals surface area contributed by atoms with Crippen molar-refractivity contribution in [3.05, 3.63) is 52.7 Å². The Balaban J connectivity index is 1.52. The molecule has 0 fully saturated rings. The summed E-state index contributed by atoms with van der Waals surface area (Å²) in [6.45, 7) is 0.187. The number of hydrogen-bond donors (Lipinski definition) is 1. The second-order valence-electron chi connectivity index (χ2n) is 5.20. The number of fused-ring (bicyclic) bond motifs is 1. The Labute approximate surface area is 142 Å². The van der Waals surface area contributed by atoms with Gasteiger partial charge in [-0.05, 0) is 30.7 Å². The van der Waals surface area contributed by atoms with E-state index >= 15 is 0 Å². The van der Waals surface area contributed by atoms with Gasteiger partial charge in [-0.25, -0.2) is 0 Å². The lowest BCUT2D eigenvalue weighted by molar-refractivity contribution is -0.116. The molecule has 1 aromatic heterocycles. The van der Waals surface area contributed by atoms with E-state index < -0.39 is 0 Å². The third kappa shape index (κ3) is 3.26. The van der Waals surface area contributed by atoms with Crippen LogP contribution in [0.2, 0.25) is 5.15 Å². The predicted octanol–water partition coefficient (Wildman–Crippen LogP) is 2.14. The Morgan fingerprint density at radius 3 is 2.29 bits per heavy atom. The molecule has 0 saturated carbocycles. The number of aromatic nitrogens is 2. The van der Waals surface area contributed by atoms with Gasteiger partial charge in [0.2, 0.25) is 5.91 Å². The van der Waals surface area contributed by atoms with Crippen LogP contribution in [0.1, 0.15) is 33.6 Å². The van der Waals surface area contributed by atoms with Crippen LogP contribution in [-0.4, -0.2) is 39.4 Å². The highest BCUT2D eigenvalue weighted by Gasteiger charge is 2.34. The molecular weight excluding hydrogens is 332 g/mol. The van der Waals surface area contributed by atoms with Crippen molar-refractivity contribution in [2.24, 2.45) is 0 Å². The van der Waals surface area contributed by atoms with Gasteiger partial charge in [0, 0.05) is 13.0 Å². The summed E-state index contributed by atoms with van der Waals surface area (Å²) in [7, 11) is 0. The Morgan fingerprint density at radius 1 is 1.04 bits per heavy atom. The summed E-state index contributed by atoms with van der Waals surface area (Å²) in [6.07, 6.45) is 0.510. The molecule has 1 N–H and O–H groups in total. The van der Waals surface area contributed by atoms with Gasteiger partial charge >= 0.3 is 0 Å². The van der Waals surface area contributed by atoms with Gasteiger partial charge in [-0.15, -0.1) is 10.2 Å². The fourth-order valence-electron chi connectivity index (χ4n) is 2.43. The first-order chi connectivity index (χ1) is 11.6. The monoisotopic (exact) mass is 344 g/mol. The maximum atomic E-state index is 12.2. The van der Waals surface area contributed by atoms with Crippen molar-refractivity contribution >= 4 is 35.1 Å². The Bertz CT molecular complexity index is 772. The quantitative estimate of drug-likeness (QED) is 0.839. The molecule has 0 bridgehead atoms. The van der Waals surface area contributed by atoms with E-state index in [4.69, 9.17) is 11.6 Å². The number of carbonyl (C=O) groups is 3. The molecule has 24 heavy (non-hydrogen) atoms. The highest BCUT2D eigenvalue weighted by atomic mass is 35.5. The highest BCUT2D eigenvalue weighted by molar-refractivity contribution is 6.29. The summed E-state index contributed by atoms with van der Waals surface area (Å²) in [5, 5.41) is 10.2. The smallest absolute Gasteiger partial charge is 0.261 e. The molecule has 2 aromatic rings. The van der Waals surface area contributed by atoms with E-state index in [2.05, 4.69) is 15.5 Å². The van der Waals surface area contributed by atoms with Gasteiger partial charge in [0.15, 0.2) is 11.0 Å². The minimum Gasteiger partial charge on any atom is -0.309 e. The number of carbonyl (C=O) groups excluding carboxylic acids is 3. The molecule has 7 nitrogen and oxygen atoms in total. The van der Waals surface area contributed by atoms with Crippen LogP contribution in [0.4, 0.5) is 5.82 Å². The topological polar surface area (TPSA) is 92.3 Å². The van der Waals surface area contributed by atoms with Crippen molar-refractivity contribution < 1.29 is 14.4 Å². The molecule has 0 saturated heterocycles. The molecule has 0 aliphatic carbocycles. The highest BCUT2D eigenvalue weighted by Crippen LogP contribution is 2.22. The van der Waals surface area contributed by atoms with Crippen LogP contribution in [0.25, 0.3) is 0 Å². The molecule has 8 heteroatoms. The summed E-state index contributed by atoms with van der Waals surface area (Å²) in [5.41, 5.74) is 0.812. The minimum absolute atomic E-state index is 0.151. The van der Waals surface area contributed by atoms with Crippen LogP contribution in [-0.2, 0) is 4.79 Å². The largest absolute Gasteiger partial charge is 0.309 e. The van der Waals surface area contributed by atoms with Gasteiger partial charge in [0.25, 0.3) is 11.8 Å². The summed E-state index contributed by atoms with van der Waals surface area (Å²) >= 11 is 5.61. The normalized spacial score (nSPS) is 13.1. The second-order valence-corrected chi connectivity index (χ2v) is 5.59.